The third kappa shape index (κ3) is 3.97. The Kier molecular flexibility index (Phi) is 5.37. The van der Waals surface area contributed by atoms with E-state index in [0.717, 1.165) is 66.6 Å². The Bertz CT molecular complexity index is 1910. The number of hydrogen-bond donors (Lipinski definition) is 0. The minimum absolute atomic E-state index is 0.686. The number of furan rings is 1. The molecule has 0 saturated carbocycles. The molecule has 0 spiro atoms. The summed E-state index contributed by atoms with van der Waals surface area (Å²) in [6.45, 7) is 0. The van der Waals surface area contributed by atoms with Crippen molar-refractivity contribution in [2.45, 2.75) is 0 Å². The monoisotopic (exact) mass is 484 g/mol. The Balaban J connectivity index is 1.33. The van der Waals surface area contributed by atoms with Gasteiger partial charge in [0.15, 0.2) is 5.82 Å². The first-order valence-electron chi connectivity index (χ1n) is 12.5. The third-order valence-corrected chi connectivity index (χ3v) is 6.86. The number of rotatable bonds is 4. The van der Waals surface area contributed by atoms with Crippen molar-refractivity contribution < 1.29 is 4.42 Å². The topological polar surface area (TPSA) is 38.9 Å². The first-order chi connectivity index (χ1) is 18.7. The van der Waals surface area contributed by atoms with Crippen molar-refractivity contribution in [3.8, 4) is 45.0 Å². The van der Waals surface area contributed by atoms with E-state index in [2.05, 4.69) is 48.5 Å². The lowest BCUT2D eigenvalue weighted by Gasteiger charge is -2.10. The Labute approximate surface area is 221 Å². The molecular formula is C34H21BN2O. The molecule has 0 atom stereocenters. The van der Waals surface area contributed by atoms with Crippen LogP contribution in [0.2, 0.25) is 0 Å². The summed E-state index contributed by atoms with van der Waals surface area (Å²) in [6, 6.07) is 42.8. The first-order valence-corrected chi connectivity index (χ1v) is 12.5. The van der Waals surface area contributed by atoms with Gasteiger partial charge in [0.05, 0.1) is 11.4 Å². The SMILES string of the molecule is [B]c1ccc(-c2cc(-c3ccc(-c4cccc5c4oc4ccccc45)cc3)nc(-c3ccccc3)n2)cc1. The lowest BCUT2D eigenvalue weighted by Crippen LogP contribution is -2.00. The molecule has 176 valence electrons. The van der Waals surface area contributed by atoms with Gasteiger partial charge in [-0.25, -0.2) is 9.97 Å². The number of nitrogens with zero attached hydrogens (tertiary/aromatic N) is 2. The Morgan fingerprint density at radius 3 is 1.84 bits per heavy atom. The number of benzene rings is 5. The van der Waals surface area contributed by atoms with Crippen LogP contribution in [0.15, 0.2) is 132 Å². The van der Waals surface area contributed by atoms with Crippen LogP contribution >= 0.6 is 0 Å². The molecule has 38 heavy (non-hydrogen) atoms. The van der Waals surface area contributed by atoms with Gasteiger partial charge in [-0.3, -0.25) is 0 Å². The average molecular weight is 484 g/mol. The summed E-state index contributed by atoms with van der Waals surface area (Å²) in [5.74, 6) is 0.686. The normalized spacial score (nSPS) is 11.3. The van der Waals surface area contributed by atoms with Crippen molar-refractivity contribution in [3.63, 3.8) is 0 Å². The minimum atomic E-state index is 0.686. The molecule has 2 heterocycles. The zero-order chi connectivity index (χ0) is 25.5. The number of aromatic nitrogens is 2. The molecular weight excluding hydrogens is 463 g/mol. The molecule has 2 aromatic heterocycles. The van der Waals surface area contributed by atoms with E-state index in [9.17, 15) is 0 Å². The largest absolute Gasteiger partial charge is 0.455 e. The molecule has 0 amide bonds. The van der Waals surface area contributed by atoms with Gasteiger partial charge in [-0.15, -0.1) is 0 Å². The van der Waals surface area contributed by atoms with Crippen LogP contribution in [-0.2, 0) is 0 Å². The fourth-order valence-corrected chi connectivity index (χ4v) is 4.91. The predicted molar refractivity (Wildman–Crippen MR) is 156 cm³/mol. The molecule has 0 bridgehead atoms. The first kappa shape index (κ1) is 22.3. The van der Waals surface area contributed by atoms with E-state index in [4.69, 9.17) is 22.2 Å². The van der Waals surface area contributed by atoms with Crippen molar-refractivity contribution in [2.75, 3.05) is 0 Å². The lowest BCUT2D eigenvalue weighted by atomic mass is 9.94. The molecule has 0 fully saturated rings. The maximum absolute atomic E-state index is 6.26. The summed E-state index contributed by atoms with van der Waals surface area (Å²) in [5.41, 5.74) is 9.38. The summed E-state index contributed by atoms with van der Waals surface area (Å²) in [5, 5.41) is 2.25. The second-order valence-electron chi connectivity index (χ2n) is 9.31. The van der Waals surface area contributed by atoms with E-state index in [1.54, 1.807) is 0 Å². The molecule has 2 radical (unpaired) electrons. The standard InChI is InChI=1S/C34H21BN2O/c35-26-19-17-24(18-20-26)31-21-30(36-34(37-31)25-7-2-1-3-8-25)23-15-13-22(14-16-23)27-10-6-11-29-28-9-4-5-12-32(28)38-33(27)29/h1-21H. The van der Waals surface area contributed by atoms with Gasteiger partial charge in [-0.05, 0) is 17.7 Å². The highest BCUT2D eigenvalue weighted by Crippen LogP contribution is 2.36. The highest BCUT2D eigenvalue weighted by Gasteiger charge is 2.13. The van der Waals surface area contributed by atoms with Crippen LogP contribution in [-0.4, -0.2) is 17.8 Å². The van der Waals surface area contributed by atoms with E-state index >= 15 is 0 Å². The quantitative estimate of drug-likeness (QED) is 0.239. The molecule has 7 rings (SSSR count). The molecule has 0 unspecified atom stereocenters. The van der Waals surface area contributed by atoms with Crippen molar-refractivity contribution in [1.29, 1.82) is 0 Å². The Morgan fingerprint density at radius 2 is 1.11 bits per heavy atom. The highest BCUT2D eigenvalue weighted by molar-refractivity contribution is 6.32. The number of para-hydroxylation sites is 2. The fraction of sp³-hybridized carbons (Fsp3) is 0. The molecule has 5 aromatic carbocycles. The smallest absolute Gasteiger partial charge is 0.160 e. The van der Waals surface area contributed by atoms with E-state index in [0.29, 0.717) is 5.82 Å². The molecule has 0 N–H and O–H groups in total. The maximum Gasteiger partial charge on any atom is 0.160 e. The Hall–Kier alpha value is -4.96. The van der Waals surface area contributed by atoms with Crippen LogP contribution in [0.25, 0.3) is 67.0 Å². The summed E-state index contributed by atoms with van der Waals surface area (Å²) in [4.78, 5) is 9.83. The van der Waals surface area contributed by atoms with Gasteiger partial charge in [0.25, 0.3) is 0 Å². The predicted octanol–water partition coefficient (Wildman–Crippen LogP) is 7.84. The zero-order valence-electron chi connectivity index (χ0n) is 20.5. The number of fused-ring (bicyclic) bond motifs is 3. The van der Waals surface area contributed by atoms with Gasteiger partial charge in [-0.2, -0.15) is 0 Å². The van der Waals surface area contributed by atoms with Crippen LogP contribution in [0.4, 0.5) is 0 Å². The van der Waals surface area contributed by atoms with E-state index in [1.165, 1.54) is 0 Å². The van der Waals surface area contributed by atoms with Gasteiger partial charge >= 0.3 is 0 Å². The van der Waals surface area contributed by atoms with E-state index < -0.39 is 0 Å². The van der Waals surface area contributed by atoms with Crippen molar-refractivity contribution >= 4 is 35.2 Å². The van der Waals surface area contributed by atoms with Gasteiger partial charge < -0.3 is 4.42 Å². The van der Waals surface area contributed by atoms with Crippen molar-refractivity contribution in [2.24, 2.45) is 0 Å². The second-order valence-corrected chi connectivity index (χ2v) is 9.31. The van der Waals surface area contributed by atoms with Gasteiger partial charge in [0, 0.05) is 33.0 Å². The molecule has 0 aliphatic carbocycles. The van der Waals surface area contributed by atoms with Gasteiger partial charge in [-0.1, -0.05) is 121 Å². The van der Waals surface area contributed by atoms with Crippen molar-refractivity contribution in [1.82, 2.24) is 9.97 Å². The summed E-state index contributed by atoms with van der Waals surface area (Å²) in [6.07, 6.45) is 0. The van der Waals surface area contributed by atoms with Crippen molar-refractivity contribution in [3.05, 3.63) is 127 Å². The average Bonchev–Trinajstić information content (AvgIpc) is 3.37. The summed E-state index contributed by atoms with van der Waals surface area (Å²) in [7, 11) is 5.93. The molecule has 4 heteroatoms. The van der Waals surface area contributed by atoms with Gasteiger partial charge in [0.1, 0.15) is 19.0 Å². The number of hydrogen-bond acceptors (Lipinski definition) is 3. The molecule has 0 aliphatic heterocycles. The van der Waals surface area contributed by atoms with Crippen LogP contribution in [0.3, 0.4) is 0 Å². The Morgan fingerprint density at radius 1 is 0.500 bits per heavy atom. The summed E-state index contributed by atoms with van der Waals surface area (Å²) < 4.78 is 6.26. The molecule has 7 aromatic rings. The van der Waals surface area contributed by atoms with Crippen LogP contribution < -0.4 is 5.46 Å². The second kappa shape index (κ2) is 9.17. The summed E-state index contributed by atoms with van der Waals surface area (Å²) >= 11 is 0. The van der Waals surface area contributed by atoms with Crippen LogP contribution in [0, 0.1) is 0 Å². The van der Waals surface area contributed by atoms with Gasteiger partial charge in [0.2, 0.25) is 0 Å². The van der Waals surface area contributed by atoms with Crippen LogP contribution in [0.5, 0.6) is 0 Å². The molecule has 0 aliphatic rings. The highest BCUT2D eigenvalue weighted by atomic mass is 16.3. The fourth-order valence-electron chi connectivity index (χ4n) is 4.91. The maximum atomic E-state index is 6.26. The molecule has 0 saturated heterocycles. The van der Waals surface area contributed by atoms with E-state index in [-0.39, 0.29) is 0 Å². The lowest BCUT2D eigenvalue weighted by molar-refractivity contribution is 0.670. The molecule has 3 nitrogen and oxygen atoms in total. The van der Waals surface area contributed by atoms with E-state index in [1.807, 2.05) is 78.9 Å². The zero-order valence-corrected chi connectivity index (χ0v) is 20.5. The third-order valence-electron chi connectivity index (χ3n) is 6.86. The van der Waals surface area contributed by atoms with Crippen LogP contribution in [0.1, 0.15) is 0 Å². The minimum Gasteiger partial charge on any atom is -0.455 e.